The zero-order chi connectivity index (χ0) is 15.5. The first-order valence-corrected chi connectivity index (χ1v) is 8.00. The maximum absolute atomic E-state index is 4.63. The average Bonchev–Trinajstić information content (AvgIpc) is 2.40. The van der Waals surface area contributed by atoms with Crippen LogP contribution in [-0.2, 0) is 6.54 Å². The van der Waals surface area contributed by atoms with Crippen LogP contribution in [0, 0.1) is 0 Å². The first-order valence-electron chi connectivity index (χ1n) is 8.00. The Bertz CT molecular complexity index is 452. The maximum Gasteiger partial charge on any atom is 0.132 e. The minimum absolute atomic E-state index is 0.328. The smallest absolute Gasteiger partial charge is 0.132 e. The Hall–Kier alpha value is -1.13. The van der Waals surface area contributed by atoms with E-state index in [0.717, 1.165) is 18.9 Å². The van der Waals surface area contributed by atoms with Crippen molar-refractivity contribution in [1.29, 1.82) is 0 Å². The van der Waals surface area contributed by atoms with Crippen LogP contribution in [0.25, 0.3) is 0 Å². The summed E-state index contributed by atoms with van der Waals surface area (Å²) in [5, 5.41) is 3.49. The van der Waals surface area contributed by atoms with Crippen LogP contribution >= 0.6 is 0 Å². The molecule has 1 aliphatic rings. The van der Waals surface area contributed by atoms with E-state index in [9.17, 15) is 0 Å². The maximum atomic E-state index is 4.63. The molecule has 1 aromatic rings. The van der Waals surface area contributed by atoms with Gasteiger partial charge in [-0.3, -0.25) is 0 Å². The molecule has 1 N–H and O–H groups in total. The van der Waals surface area contributed by atoms with Crippen molar-refractivity contribution in [2.45, 2.75) is 51.2 Å². The summed E-state index contributed by atoms with van der Waals surface area (Å²) < 4.78 is 0. The van der Waals surface area contributed by atoms with Gasteiger partial charge in [0, 0.05) is 43.5 Å². The molecule has 0 radical (unpaired) electrons. The van der Waals surface area contributed by atoms with Gasteiger partial charge in [0.25, 0.3) is 0 Å². The Balaban J connectivity index is 2.09. The van der Waals surface area contributed by atoms with Crippen LogP contribution in [0.5, 0.6) is 0 Å². The molecule has 1 saturated carbocycles. The standard InChI is InChI=1S/C17H30N4/c1-14(2)19-12-15-8-6-11-18-16(15)21(5)13-17(20(3)4)9-7-10-17/h6,8,11,14,19H,7,9-10,12-13H2,1-5H3. The Kier molecular flexibility index (Phi) is 5.22. The largest absolute Gasteiger partial charge is 0.358 e. The predicted molar refractivity (Wildman–Crippen MR) is 89.8 cm³/mol. The van der Waals surface area contributed by atoms with Gasteiger partial charge in [-0.25, -0.2) is 4.98 Å². The molecule has 0 unspecified atom stereocenters. The highest BCUT2D eigenvalue weighted by Crippen LogP contribution is 2.37. The molecule has 0 amide bonds. The van der Waals surface area contributed by atoms with Crippen molar-refractivity contribution in [3.63, 3.8) is 0 Å². The fourth-order valence-corrected chi connectivity index (χ4v) is 3.07. The molecule has 0 saturated heterocycles. The zero-order valence-corrected chi connectivity index (χ0v) is 14.2. The van der Waals surface area contributed by atoms with E-state index in [4.69, 9.17) is 0 Å². The van der Waals surface area contributed by atoms with Gasteiger partial charge in [-0.1, -0.05) is 19.9 Å². The third kappa shape index (κ3) is 3.74. The predicted octanol–water partition coefficient (Wildman–Crippen LogP) is 2.50. The number of hydrogen-bond donors (Lipinski definition) is 1. The van der Waals surface area contributed by atoms with E-state index in [1.165, 1.54) is 24.8 Å². The van der Waals surface area contributed by atoms with E-state index < -0.39 is 0 Å². The molecule has 0 atom stereocenters. The first kappa shape index (κ1) is 16.2. The molecule has 0 spiro atoms. The second kappa shape index (κ2) is 6.75. The van der Waals surface area contributed by atoms with Crippen LogP contribution in [0.15, 0.2) is 18.3 Å². The summed E-state index contributed by atoms with van der Waals surface area (Å²) >= 11 is 0. The van der Waals surface area contributed by atoms with Crippen LogP contribution in [-0.4, -0.2) is 49.2 Å². The average molecular weight is 290 g/mol. The number of nitrogens with zero attached hydrogens (tertiary/aromatic N) is 3. The molecule has 1 aromatic heterocycles. The molecule has 1 aliphatic carbocycles. The lowest BCUT2D eigenvalue weighted by Crippen LogP contribution is -2.57. The van der Waals surface area contributed by atoms with Crippen LogP contribution in [0.2, 0.25) is 0 Å². The second-order valence-corrected chi connectivity index (χ2v) is 6.85. The second-order valence-electron chi connectivity index (χ2n) is 6.85. The number of hydrogen-bond acceptors (Lipinski definition) is 4. The van der Waals surface area contributed by atoms with Crippen LogP contribution in [0.1, 0.15) is 38.7 Å². The third-order valence-corrected chi connectivity index (χ3v) is 4.69. The van der Waals surface area contributed by atoms with Crippen molar-refractivity contribution >= 4 is 5.82 Å². The van der Waals surface area contributed by atoms with Gasteiger partial charge in [-0.15, -0.1) is 0 Å². The topological polar surface area (TPSA) is 31.4 Å². The normalized spacial score (nSPS) is 17.1. The van der Waals surface area contributed by atoms with Gasteiger partial charge in [0.05, 0.1) is 0 Å². The molecule has 0 aromatic carbocycles. The van der Waals surface area contributed by atoms with Gasteiger partial charge in [0.2, 0.25) is 0 Å². The van der Waals surface area contributed by atoms with Gasteiger partial charge in [0.1, 0.15) is 5.82 Å². The van der Waals surface area contributed by atoms with Crippen LogP contribution in [0.4, 0.5) is 5.82 Å². The number of likely N-dealkylation sites (N-methyl/N-ethyl adjacent to an activating group) is 2. The highest BCUT2D eigenvalue weighted by molar-refractivity contribution is 5.46. The molecule has 21 heavy (non-hydrogen) atoms. The van der Waals surface area contributed by atoms with E-state index in [2.05, 4.69) is 61.2 Å². The van der Waals surface area contributed by atoms with Gasteiger partial charge < -0.3 is 15.1 Å². The van der Waals surface area contributed by atoms with E-state index in [0.29, 0.717) is 11.6 Å². The highest BCUT2D eigenvalue weighted by Gasteiger charge is 2.40. The SMILES string of the molecule is CC(C)NCc1cccnc1N(C)CC1(N(C)C)CCC1. The summed E-state index contributed by atoms with van der Waals surface area (Å²) in [5.74, 6) is 1.11. The highest BCUT2D eigenvalue weighted by atomic mass is 15.2. The van der Waals surface area contributed by atoms with Crippen molar-refractivity contribution in [3.8, 4) is 0 Å². The fourth-order valence-electron chi connectivity index (χ4n) is 3.07. The Labute approximate surface area is 129 Å². The Morgan fingerprint density at radius 2 is 2.00 bits per heavy atom. The minimum Gasteiger partial charge on any atom is -0.358 e. The van der Waals surface area contributed by atoms with Gasteiger partial charge >= 0.3 is 0 Å². The first-order chi connectivity index (χ1) is 9.94. The Morgan fingerprint density at radius 1 is 1.29 bits per heavy atom. The number of pyridine rings is 1. The molecule has 4 heteroatoms. The Morgan fingerprint density at radius 3 is 2.52 bits per heavy atom. The summed E-state index contributed by atoms with van der Waals surface area (Å²) in [5.41, 5.74) is 1.61. The van der Waals surface area contributed by atoms with E-state index in [1.54, 1.807) is 0 Å². The molecule has 1 fully saturated rings. The summed E-state index contributed by atoms with van der Waals surface area (Å²) in [7, 11) is 6.57. The van der Waals surface area contributed by atoms with Gasteiger partial charge in [-0.2, -0.15) is 0 Å². The van der Waals surface area contributed by atoms with Crippen molar-refractivity contribution in [1.82, 2.24) is 15.2 Å². The lowest BCUT2D eigenvalue weighted by molar-refractivity contribution is 0.0681. The summed E-state index contributed by atoms with van der Waals surface area (Å²) in [6.45, 7) is 6.27. The van der Waals surface area contributed by atoms with Crippen LogP contribution in [0.3, 0.4) is 0 Å². The van der Waals surface area contributed by atoms with Crippen molar-refractivity contribution < 1.29 is 0 Å². The molecular weight excluding hydrogens is 260 g/mol. The quantitative estimate of drug-likeness (QED) is 0.836. The molecular formula is C17H30N4. The van der Waals surface area contributed by atoms with E-state index in [-0.39, 0.29) is 0 Å². The van der Waals surface area contributed by atoms with Crippen LogP contribution < -0.4 is 10.2 Å². The van der Waals surface area contributed by atoms with Crippen molar-refractivity contribution in [2.24, 2.45) is 0 Å². The third-order valence-electron chi connectivity index (χ3n) is 4.69. The fraction of sp³-hybridized carbons (Fsp3) is 0.706. The zero-order valence-electron chi connectivity index (χ0n) is 14.2. The number of aromatic nitrogens is 1. The summed E-state index contributed by atoms with van der Waals surface area (Å²) in [6, 6.07) is 4.69. The van der Waals surface area contributed by atoms with E-state index >= 15 is 0 Å². The molecule has 0 aliphatic heterocycles. The summed E-state index contributed by atoms with van der Waals surface area (Å²) in [6.07, 6.45) is 5.82. The van der Waals surface area contributed by atoms with Crippen molar-refractivity contribution in [2.75, 3.05) is 32.6 Å². The molecule has 0 bridgehead atoms. The van der Waals surface area contributed by atoms with Gasteiger partial charge in [-0.05, 0) is 39.4 Å². The van der Waals surface area contributed by atoms with Gasteiger partial charge in [0.15, 0.2) is 0 Å². The number of rotatable bonds is 7. The van der Waals surface area contributed by atoms with Crippen molar-refractivity contribution in [3.05, 3.63) is 23.9 Å². The molecule has 1 heterocycles. The number of nitrogens with one attached hydrogen (secondary N) is 1. The molecule has 2 rings (SSSR count). The lowest BCUT2D eigenvalue weighted by Gasteiger charge is -2.49. The molecule has 4 nitrogen and oxygen atoms in total. The number of anilines is 1. The molecule has 118 valence electrons. The monoisotopic (exact) mass is 290 g/mol. The van der Waals surface area contributed by atoms with E-state index in [1.807, 2.05) is 12.3 Å². The lowest BCUT2D eigenvalue weighted by atomic mass is 9.75. The minimum atomic E-state index is 0.328. The summed E-state index contributed by atoms with van der Waals surface area (Å²) in [4.78, 5) is 9.35.